The minimum Gasteiger partial charge on any atom is -0.489 e. The lowest BCUT2D eigenvalue weighted by molar-refractivity contribution is 0.301. The van der Waals surface area contributed by atoms with Crippen molar-refractivity contribution in [3.05, 3.63) is 63.6 Å². The van der Waals surface area contributed by atoms with Gasteiger partial charge in [0.05, 0.1) is 0 Å². The van der Waals surface area contributed by atoms with Crippen LogP contribution < -0.4 is 10.5 Å². The Labute approximate surface area is 123 Å². The quantitative estimate of drug-likeness (QED) is 0.895. The van der Waals surface area contributed by atoms with Crippen LogP contribution in [0, 0.1) is 0 Å². The van der Waals surface area contributed by atoms with Crippen molar-refractivity contribution in [2.24, 2.45) is 5.73 Å². The molecular weight excluding hydrogens is 281 g/mol. The van der Waals surface area contributed by atoms with Crippen molar-refractivity contribution >= 4 is 23.2 Å². The van der Waals surface area contributed by atoms with E-state index >= 15 is 0 Å². The number of ether oxygens (including phenoxy) is 1. The molecule has 2 aromatic carbocycles. The van der Waals surface area contributed by atoms with E-state index in [2.05, 4.69) is 0 Å². The number of nitrogens with two attached hydrogens (primary N) is 1. The molecule has 0 bridgehead atoms. The maximum atomic E-state index is 6.10. The first-order valence-electron chi connectivity index (χ1n) is 5.99. The zero-order valence-corrected chi connectivity index (χ0v) is 12.1. The topological polar surface area (TPSA) is 35.2 Å². The molecule has 0 fully saturated rings. The lowest BCUT2D eigenvalue weighted by Crippen LogP contribution is -2.08. The third-order valence-electron chi connectivity index (χ3n) is 2.80. The molecule has 0 heterocycles. The molecule has 2 aromatic rings. The number of hydrogen-bond acceptors (Lipinski definition) is 2. The summed E-state index contributed by atoms with van der Waals surface area (Å²) in [5.41, 5.74) is 7.74. The largest absolute Gasteiger partial charge is 0.489 e. The van der Waals surface area contributed by atoms with E-state index in [0.29, 0.717) is 16.7 Å². The molecule has 0 radical (unpaired) electrons. The fourth-order valence-corrected chi connectivity index (χ4v) is 2.16. The molecule has 1 atom stereocenters. The van der Waals surface area contributed by atoms with Gasteiger partial charge in [-0.3, -0.25) is 0 Å². The second-order valence-electron chi connectivity index (χ2n) is 4.35. The van der Waals surface area contributed by atoms with Gasteiger partial charge in [-0.25, -0.2) is 0 Å². The van der Waals surface area contributed by atoms with E-state index in [1.54, 1.807) is 18.2 Å². The molecule has 0 spiro atoms. The Morgan fingerprint density at radius 2 is 1.89 bits per heavy atom. The first-order chi connectivity index (χ1) is 9.08. The van der Waals surface area contributed by atoms with Crippen molar-refractivity contribution in [1.29, 1.82) is 0 Å². The normalized spacial score (nSPS) is 12.2. The van der Waals surface area contributed by atoms with Gasteiger partial charge in [0.25, 0.3) is 0 Å². The minimum absolute atomic E-state index is 0.0777. The Kier molecular flexibility index (Phi) is 4.70. The molecule has 0 saturated carbocycles. The van der Waals surface area contributed by atoms with Gasteiger partial charge in [0, 0.05) is 27.2 Å². The number of benzene rings is 2. The van der Waals surface area contributed by atoms with Gasteiger partial charge in [0.2, 0.25) is 0 Å². The molecule has 0 aliphatic carbocycles. The zero-order chi connectivity index (χ0) is 13.8. The minimum atomic E-state index is -0.0777. The predicted molar refractivity (Wildman–Crippen MR) is 79.8 cm³/mol. The van der Waals surface area contributed by atoms with Gasteiger partial charge in [0.1, 0.15) is 12.4 Å². The van der Waals surface area contributed by atoms with Crippen LogP contribution in [0.3, 0.4) is 0 Å². The lowest BCUT2D eigenvalue weighted by atomic mass is 10.1. The van der Waals surface area contributed by atoms with Crippen LogP contribution in [0.5, 0.6) is 5.75 Å². The predicted octanol–water partition coefficient (Wildman–Crippen LogP) is 4.59. The first kappa shape index (κ1) is 14.2. The van der Waals surface area contributed by atoms with Crippen molar-refractivity contribution < 1.29 is 4.74 Å². The van der Waals surface area contributed by atoms with Crippen LogP contribution in [0.1, 0.15) is 24.1 Å². The second-order valence-corrected chi connectivity index (χ2v) is 5.19. The maximum absolute atomic E-state index is 6.10. The van der Waals surface area contributed by atoms with E-state index in [4.69, 9.17) is 33.7 Å². The summed E-state index contributed by atoms with van der Waals surface area (Å²) in [7, 11) is 0. The van der Waals surface area contributed by atoms with Crippen LogP contribution in [-0.4, -0.2) is 0 Å². The lowest BCUT2D eigenvalue weighted by Gasteiger charge is -2.14. The number of para-hydroxylation sites is 1. The van der Waals surface area contributed by atoms with Crippen LogP contribution in [0.2, 0.25) is 10.0 Å². The molecule has 19 heavy (non-hydrogen) atoms. The third kappa shape index (κ3) is 3.63. The Hall–Kier alpha value is -1.22. The van der Waals surface area contributed by atoms with Crippen molar-refractivity contribution in [2.75, 3.05) is 0 Å². The van der Waals surface area contributed by atoms with Gasteiger partial charge in [-0.1, -0.05) is 41.4 Å². The highest BCUT2D eigenvalue weighted by Crippen LogP contribution is 2.26. The number of rotatable bonds is 4. The summed E-state index contributed by atoms with van der Waals surface area (Å²) >= 11 is 12.0. The number of hydrogen-bond donors (Lipinski definition) is 1. The van der Waals surface area contributed by atoms with Gasteiger partial charge in [0.15, 0.2) is 0 Å². The Morgan fingerprint density at radius 3 is 2.63 bits per heavy atom. The van der Waals surface area contributed by atoms with E-state index < -0.39 is 0 Å². The van der Waals surface area contributed by atoms with Gasteiger partial charge in [-0.2, -0.15) is 0 Å². The van der Waals surface area contributed by atoms with Gasteiger partial charge < -0.3 is 10.5 Å². The maximum Gasteiger partial charge on any atom is 0.124 e. The van der Waals surface area contributed by atoms with E-state index in [1.165, 1.54) is 0 Å². The molecule has 2 N–H and O–H groups in total. The molecule has 0 aliphatic heterocycles. The van der Waals surface area contributed by atoms with Crippen molar-refractivity contribution in [1.82, 2.24) is 0 Å². The Bertz CT molecular complexity index is 570. The second kappa shape index (κ2) is 6.29. The Morgan fingerprint density at radius 1 is 1.16 bits per heavy atom. The van der Waals surface area contributed by atoms with Gasteiger partial charge in [-0.05, 0) is 31.2 Å². The summed E-state index contributed by atoms with van der Waals surface area (Å²) in [6.07, 6.45) is 0. The highest BCUT2D eigenvalue weighted by atomic mass is 35.5. The molecule has 0 unspecified atom stereocenters. The van der Waals surface area contributed by atoms with Crippen LogP contribution in [0.15, 0.2) is 42.5 Å². The van der Waals surface area contributed by atoms with Gasteiger partial charge in [-0.15, -0.1) is 0 Å². The van der Waals surface area contributed by atoms with Crippen molar-refractivity contribution in [3.8, 4) is 5.75 Å². The molecule has 0 aromatic heterocycles. The average molecular weight is 296 g/mol. The SMILES string of the molecule is C[C@H](N)c1ccccc1OCc1cc(Cl)ccc1Cl. The molecule has 2 rings (SSSR count). The van der Waals surface area contributed by atoms with Gasteiger partial charge >= 0.3 is 0 Å². The molecular formula is C15H15Cl2NO. The highest BCUT2D eigenvalue weighted by Gasteiger charge is 2.08. The van der Waals surface area contributed by atoms with Crippen LogP contribution in [0.25, 0.3) is 0 Å². The van der Waals surface area contributed by atoms with Crippen LogP contribution in [-0.2, 0) is 6.61 Å². The summed E-state index contributed by atoms with van der Waals surface area (Å²) in [5, 5.41) is 1.28. The summed E-state index contributed by atoms with van der Waals surface area (Å²) in [5.74, 6) is 0.772. The fraction of sp³-hybridized carbons (Fsp3) is 0.200. The molecule has 2 nitrogen and oxygen atoms in total. The monoisotopic (exact) mass is 295 g/mol. The first-order valence-corrected chi connectivity index (χ1v) is 6.74. The molecule has 100 valence electrons. The summed E-state index contributed by atoms with van der Waals surface area (Å²) in [6, 6.07) is 13.0. The molecule has 0 saturated heterocycles. The van der Waals surface area contributed by atoms with Crippen LogP contribution >= 0.6 is 23.2 Å². The van der Waals surface area contributed by atoms with E-state index in [9.17, 15) is 0 Å². The molecule has 0 amide bonds. The average Bonchev–Trinajstić information content (AvgIpc) is 2.40. The Balaban J connectivity index is 2.17. The van der Waals surface area contributed by atoms with Crippen molar-refractivity contribution in [3.63, 3.8) is 0 Å². The zero-order valence-electron chi connectivity index (χ0n) is 10.6. The highest BCUT2D eigenvalue weighted by molar-refractivity contribution is 6.33. The van der Waals surface area contributed by atoms with Crippen molar-refractivity contribution in [2.45, 2.75) is 19.6 Å². The third-order valence-corrected chi connectivity index (χ3v) is 3.40. The van der Waals surface area contributed by atoms with Crippen LogP contribution in [0.4, 0.5) is 0 Å². The summed E-state index contributed by atoms with van der Waals surface area (Å²) in [4.78, 5) is 0. The molecule has 4 heteroatoms. The fourth-order valence-electron chi connectivity index (χ4n) is 1.80. The van der Waals surface area contributed by atoms with E-state index in [1.807, 2.05) is 31.2 Å². The van der Waals surface area contributed by atoms with E-state index in [-0.39, 0.29) is 6.04 Å². The molecule has 0 aliphatic rings. The standard InChI is InChI=1S/C15H15Cl2NO/c1-10(18)13-4-2-3-5-15(13)19-9-11-8-12(16)6-7-14(11)17/h2-8,10H,9,18H2,1H3/t10-/m0/s1. The summed E-state index contributed by atoms with van der Waals surface area (Å²) < 4.78 is 5.80. The van der Waals surface area contributed by atoms with E-state index in [0.717, 1.165) is 16.9 Å². The number of halogens is 2. The smallest absolute Gasteiger partial charge is 0.124 e. The summed E-state index contributed by atoms with van der Waals surface area (Å²) in [6.45, 7) is 2.29.